The molecule has 1 aliphatic carbocycles. The highest BCUT2D eigenvalue weighted by molar-refractivity contribution is 6.15. The maximum Gasteiger partial charge on any atom is 0.164 e. The molecule has 0 amide bonds. The van der Waals surface area contributed by atoms with Gasteiger partial charge in [0.05, 0.1) is 0 Å². The third-order valence-electron chi connectivity index (χ3n) is 9.86. The van der Waals surface area contributed by atoms with Crippen molar-refractivity contribution in [2.75, 3.05) is 0 Å². The zero-order valence-corrected chi connectivity index (χ0v) is 26.5. The molecule has 10 rings (SSSR count). The first-order valence-electron chi connectivity index (χ1n) is 16.7. The summed E-state index contributed by atoms with van der Waals surface area (Å²) < 4.78 is 6.80. The molecule has 1 unspecified atom stereocenters. The number of aromatic nitrogens is 3. The van der Waals surface area contributed by atoms with Crippen molar-refractivity contribution in [1.82, 2.24) is 15.0 Å². The van der Waals surface area contributed by atoms with E-state index in [-0.39, 0.29) is 5.92 Å². The Kier molecular flexibility index (Phi) is 6.28. The van der Waals surface area contributed by atoms with Crippen molar-refractivity contribution in [3.05, 3.63) is 168 Å². The molecule has 4 heteroatoms. The molecule has 49 heavy (non-hydrogen) atoms. The van der Waals surface area contributed by atoms with Crippen LogP contribution in [-0.4, -0.2) is 15.0 Å². The lowest BCUT2D eigenvalue weighted by atomic mass is 9.80. The van der Waals surface area contributed by atoms with E-state index < -0.39 is 0 Å². The molecule has 1 aliphatic rings. The number of hydrogen-bond acceptors (Lipinski definition) is 4. The van der Waals surface area contributed by atoms with Crippen LogP contribution in [0, 0.1) is 0 Å². The third kappa shape index (κ3) is 4.49. The summed E-state index contributed by atoms with van der Waals surface area (Å²) in [6, 6.07) is 50.8. The van der Waals surface area contributed by atoms with Crippen molar-refractivity contribution in [2.24, 2.45) is 0 Å². The van der Waals surface area contributed by atoms with Gasteiger partial charge in [-0.15, -0.1) is 0 Å². The highest BCUT2D eigenvalue weighted by atomic mass is 16.3. The Hall–Kier alpha value is -6.39. The first-order valence-corrected chi connectivity index (χ1v) is 16.7. The second-order valence-corrected chi connectivity index (χ2v) is 12.7. The number of fused-ring (bicyclic) bond motifs is 8. The molecule has 0 N–H and O–H groups in total. The third-order valence-corrected chi connectivity index (χ3v) is 9.86. The summed E-state index contributed by atoms with van der Waals surface area (Å²) in [6.07, 6.45) is 5.40. The second kappa shape index (κ2) is 11.1. The van der Waals surface area contributed by atoms with Crippen molar-refractivity contribution in [2.45, 2.75) is 12.3 Å². The van der Waals surface area contributed by atoms with Crippen molar-refractivity contribution in [3.8, 4) is 34.2 Å². The molecule has 0 radical (unpaired) electrons. The number of benzene rings is 7. The van der Waals surface area contributed by atoms with Crippen molar-refractivity contribution in [3.63, 3.8) is 0 Å². The van der Waals surface area contributed by atoms with Crippen molar-refractivity contribution in [1.29, 1.82) is 0 Å². The molecule has 0 saturated heterocycles. The fraction of sp³-hybridized carbons (Fsp3) is 0.0444. The predicted octanol–water partition coefficient (Wildman–Crippen LogP) is 11.6. The molecule has 4 nitrogen and oxygen atoms in total. The van der Waals surface area contributed by atoms with Crippen molar-refractivity contribution >= 4 is 49.6 Å². The quantitative estimate of drug-likeness (QED) is 0.182. The number of hydrogen-bond donors (Lipinski definition) is 0. The Balaban J connectivity index is 1.30. The van der Waals surface area contributed by atoms with Crippen LogP contribution in [0.1, 0.15) is 29.0 Å². The molecule has 0 aliphatic heterocycles. The fourth-order valence-corrected chi connectivity index (χ4v) is 7.62. The highest BCUT2D eigenvalue weighted by Crippen LogP contribution is 2.46. The Morgan fingerprint density at radius 3 is 1.98 bits per heavy atom. The molecule has 2 aromatic heterocycles. The Labute approximate surface area is 283 Å². The molecular weight excluding hydrogens is 599 g/mol. The van der Waals surface area contributed by atoms with Gasteiger partial charge in [-0.3, -0.25) is 0 Å². The Morgan fingerprint density at radius 1 is 0.531 bits per heavy atom. The van der Waals surface area contributed by atoms with E-state index >= 15 is 0 Å². The van der Waals surface area contributed by atoms with Crippen LogP contribution < -0.4 is 0 Å². The number of rotatable bonds is 4. The topological polar surface area (TPSA) is 51.8 Å². The molecule has 0 bridgehead atoms. The average Bonchev–Trinajstić information content (AvgIpc) is 3.57. The van der Waals surface area contributed by atoms with E-state index in [2.05, 4.69) is 133 Å². The van der Waals surface area contributed by atoms with Crippen LogP contribution in [0.2, 0.25) is 0 Å². The Bertz CT molecular complexity index is 2750. The highest BCUT2D eigenvalue weighted by Gasteiger charge is 2.28. The number of nitrogens with zero attached hydrogens (tertiary/aromatic N) is 3. The summed E-state index contributed by atoms with van der Waals surface area (Å²) in [5.41, 5.74) is 8.21. The van der Waals surface area contributed by atoms with E-state index in [1.807, 2.05) is 24.3 Å². The molecule has 7 aromatic carbocycles. The van der Waals surface area contributed by atoms with E-state index in [1.54, 1.807) is 0 Å². The van der Waals surface area contributed by atoms with Crippen LogP contribution in [0.5, 0.6) is 0 Å². The van der Waals surface area contributed by atoms with Crippen LogP contribution in [-0.2, 0) is 0 Å². The minimum atomic E-state index is 0.177. The SMILES string of the molecule is C1=Cc2cc(-c3nc(-c4ccccc4)nc(-c4cc5ccccc5c5ccccc45)n3)c3c(oc4ccccc43)c2C(c2ccccc2)C1. The van der Waals surface area contributed by atoms with Crippen molar-refractivity contribution < 1.29 is 4.42 Å². The monoisotopic (exact) mass is 627 g/mol. The molecule has 0 fully saturated rings. The van der Waals surface area contributed by atoms with Gasteiger partial charge in [-0.25, -0.2) is 15.0 Å². The van der Waals surface area contributed by atoms with Crippen LogP contribution in [0.4, 0.5) is 0 Å². The number of furan rings is 1. The van der Waals surface area contributed by atoms with Gasteiger partial charge in [0.25, 0.3) is 0 Å². The summed E-state index contributed by atoms with van der Waals surface area (Å²) in [5, 5.41) is 6.72. The number of para-hydroxylation sites is 1. The predicted molar refractivity (Wildman–Crippen MR) is 200 cm³/mol. The summed E-state index contributed by atoms with van der Waals surface area (Å²) in [5.74, 6) is 2.07. The van der Waals surface area contributed by atoms with Gasteiger partial charge < -0.3 is 4.42 Å². The van der Waals surface area contributed by atoms with Gasteiger partial charge in [0.1, 0.15) is 11.2 Å². The summed E-state index contributed by atoms with van der Waals surface area (Å²) in [6.45, 7) is 0. The lowest BCUT2D eigenvalue weighted by Gasteiger charge is -2.23. The molecule has 1 atom stereocenters. The molecule has 0 saturated carbocycles. The van der Waals surface area contributed by atoms with E-state index in [4.69, 9.17) is 19.4 Å². The summed E-state index contributed by atoms with van der Waals surface area (Å²) in [4.78, 5) is 15.7. The average molecular weight is 628 g/mol. The Morgan fingerprint density at radius 2 is 1.16 bits per heavy atom. The summed E-state index contributed by atoms with van der Waals surface area (Å²) in [7, 11) is 0. The van der Waals surface area contributed by atoms with Gasteiger partial charge in [0.15, 0.2) is 17.5 Å². The van der Waals surface area contributed by atoms with Crippen LogP contribution in [0.25, 0.3) is 83.7 Å². The molecule has 0 spiro atoms. The fourth-order valence-electron chi connectivity index (χ4n) is 7.62. The van der Waals surface area contributed by atoms with Gasteiger partial charge in [0, 0.05) is 38.9 Å². The largest absolute Gasteiger partial charge is 0.456 e. The first kappa shape index (κ1) is 27.7. The smallest absolute Gasteiger partial charge is 0.164 e. The van der Waals surface area contributed by atoms with Crippen LogP contribution >= 0.6 is 0 Å². The van der Waals surface area contributed by atoms with E-state index in [0.717, 1.165) is 61.4 Å². The maximum absolute atomic E-state index is 6.80. The molecular formula is C45H29N3O. The standard InChI is InChI=1S/C45H29N3O/c1-3-14-28(15-4-1)33-24-13-19-31-27-38(41-36-23-11-12-25-39(36)49-42(41)40(31)33)45-47-43(29-16-5-2-6-17-29)46-44(48-45)37-26-30-18-7-8-20-32(30)34-21-9-10-22-35(34)37/h1-23,25-27,33H,24H2. The van der Waals surface area contributed by atoms with E-state index in [9.17, 15) is 0 Å². The van der Waals surface area contributed by atoms with Gasteiger partial charge in [-0.1, -0.05) is 140 Å². The molecule has 2 heterocycles. The van der Waals surface area contributed by atoms with Gasteiger partial charge in [-0.05, 0) is 57.3 Å². The van der Waals surface area contributed by atoms with E-state index in [1.165, 1.54) is 21.9 Å². The van der Waals surface area contributed by atoms with Crippen LogP contribution in [0.3, 0.4) is 0 Å². The zero-order chi connectivity index (χ0) is 32.3. The normalized spacial score (nSPS) is 14.2. The zero-order valence-electron chi connectivity index (χ0n) is 26.5. The second-order valence-electron chi connectivity index (χ2n) is 12.7. The molecule has 9 aromatic rings. The number of allylic oxidation sites excluding steroid dienone is 1. The molecule has 230 valence electrons. The van der Waals surface area contributed by atoms with Gasteiger partial charge >= 0.3 is 0 Å². The minimum absolute atomic E-state index is 0.177. The maximum atomic E-state index is 6.80. The lowest BCUT2D eigenvalue weighted by molar-refractivity contribution is 0.655. The lowest BCUT2D eigenvalue weighted by Crippen LogP contribution is -2.07. The minimum Gasteiger partial charge on any atom is -0.456 e. The van der Waals surface area contributed by atoms with E-state index in [0.29, 0.717) is 17.5 Å². The first-order chi connectivity index (χ1) is 24.3. The van der Waals surface area contributed by atoms with Gasteiger partial charge in [0.2, 0.25) is 0 Å². The van der Waals surface area contributed by atoms with Crippen LogP contribution in [0.15, 0.2) is 156 Å². The summed E-state index contributed by atoms with van der Waals surface area (Å²) >= 11 is 0. The van der Waals surface area contributed by atoms with Gasteiger partial charge in [-0.2, -0.15) is 0 Å².